The fourth-order valence-electron chi connectivity index (χ4n) is 4.29. The van der Waals surface area contributed by atoms with Crippen molar-refractivity contribution >= 4 is 5.91 Å². The second kappa shape index (κ2) is 11.5. The van der Waals surface area contributed by atoms with Crippen molar-refractivity contribution in [3.63, 3.8) is 0 Å². The molecule has 5 heteroatoms. The number of carbonyl (C=O) groups is 1. The summed E-state index contributed by atoms with van der Waals surface area (Å²) >= 11 is 0. The zero-order valence-electron chi connectivity index (χ0n) is 19.3. The Morgan fingerprint density at radius 1 is 0.879 bits per heavy atom. The molecule has 3 aromatic rings. The standard InChI is InChI=1S/C28H32N2O3/c1-32-26-9-6-22(7-10-26)8-11-28(31)30-18-14-24(15-19-30)20-23-2-4-25(5-3-23)21-33-27-12-16-29-17-13-27/h2-7,9-10,12-13,16-17,24H,8,11,14-15,18-21H2,1H3. The molecule has 1 saturated heterocycles. The maximum Gasteiger partial charge on any atom is 0.222 e. The third-order valence-corrected chi connectivity index (χ3v) is 6.36. The summed E-state index contributed by atoms with van der Waals surface area (Å²) in [5.74, 6) is 2.58. The number of carbonyl (C=O) groups excluding carboxylic acids is 1. The van der Waals surface area contributed by atoms with Gasteiger partial charge >= 0.3 is 0 Å². The number of rotatable bonds is 9. The van der Waals surface area contributed by atoms with Crippen molar-refractivity contribution < 1.29 is 14.3 Å². The average molecular weight is 445 g/mol. The van der Waals surface area contributed by atoms with Crippen LogP contribution in [0.15, 0.2) is 73.1 Å². The molecular formula is C28H32N2O3. The van der Waals surface area contributed by atoms with Gasteiger partial charge in [0.25, 0.3) is 0 Å². The van der Waals surface area contributed by atoms with Crippen molar-refractivity contribution in [1.29, 1.82) is 0 Å². The van der Waals surface area contributed by atoms with E-state index < -0.39 is 0 Å². The second-order valence-corrected chi connectivity index (χ2v) is 8.66. The van der Waals surface area contributed by atoms with Crippen LogP contribution in [0.25, 0.3) is 0 Å². The Morgan fingerprint density at radius 3 is 2.18 bits per heavy atom. The van der Waals surface area contributed by atoms with Crippen LogP contribution in [-0.4, -0.2) is 36.0 Å². The third kappa shape index (κ3) is 6.82. The highest BCUT2D eigenvalue weighted by Gasteiger charge is 2.22. The minimum Gasteiger partial charge on any atom is -0.497 e. The van der Waals surface area contributed by atoms with E-state index >= 15 is 0 Å². The first-order valence-corrected chi connectivity index (χ1v) is 11.7. The first-order valence-electron chi connectivity index (χ1n) is 11.7. The SMILES string of the molecule is COc1ccc(CCC(=O)N2CCC(Cc3ccc(COc4ccncc4)cc3)CC2)cc1. The van der Waals surface area contributed by atoms with Gasteiger partial charge in [-0.2, -0.15) is 0 Å². The van der Waals surface area contributed by atoms with Crippen molar-refractivity contribution in [1.82, 2.24) is 9.88 Å². The number of ether oxygens (including phenoxy) is 2. The Bertz CT molecular complexity index is 996. The fraction of sp³-hybridized carbons (Fsp3) is 0.357. The Hall–Kier alpha value is -3.34. The molecular weight excluding hydrogens is 412 g/mol. The second-order valence-electron chi connectivity index (χ2n) is 8.66. The predicted molar refractivity (Wildman–Crippen MR) is 129 cm³/mol. The minimum atomic E-state index is 0.266. The van der Waals surface area contributed by atoms with Crippen molar-refractivity contribution in [3.8, 4) is 11.5 Å². The molecule has 1 aliphatic heterocycles. The summed E-state index contributed by atoms with van der Waals surface area (Å²) in [6.07, 6.45) is 8.03. The number of nitrogens with zero attached hydrogens (tertiary/aromatic N) is 2. The Labute approximate surface area is 196 Å². The number of amides is 1. The monoisotopic (exact) mass is 444 g/mol. The topological polar surface area (TPSA) is 51.7 Å². The number of likely N-dealkylation sites (tertiary alicyclic amines) is 1. The molecule has 0 N–H and O–H groups in total. The molecule has 0 aliphatic carbocycles. The zero-order chi connectivity index (χ0) is 22.9. The maximum absolute atomic E-state index is 12.6. The predicted octanol–water partition coefficient (Wildman–Crippen LogP) is 5.08. The normalized spacial score (nSPS) is 14.2. The van der Waals surface area contributed by atoms with Crippen LogP contribution in [-0.2, 0) is 24.2 Å². The van der Waals surface area contributed by atoms with Gasteiger partial charge in [-0.25, -0.2) is 0 Å². The molecule has 1 fully saturated rings. The molecule has 4 rings (SSSR count). The zero-order valence-corrected chi connectivity index (χ0v) is 19.3. The van der Waals surface area contributed by atoms with Crippen LogP contribution >= 0.6 is 0 Å². The lowest BCUT2D eigenvalue weighted by Gasteiger charge is -2.32. The summed E-state index contributed by atoms with van der Waals surface area (Å²) in [5, 5.41) is 0. The fourth-order valence-corrected chi connectivity index (χ4v) is 4.29. The van der Waals surface area contributed by atoms with Crippen molar-refractivity contribution in [2.45, 2.75) is 38.7 Å². The van der Waals surface area contributed by atoms with E-state index in [0.717, 1.165) is 55.8 Å². The number of pyridine rings is 1. The summed E-state index contributed by atoms with van der Waals surface area (Å²) in [7, 11) is 1.66. The summed E-state index contributed by atoms with van der Waals surface area (Å²) in [5.41, 5.74) is 3.69. The summed E-state index contributed by atoms with van der Waals surface area (Å²) in [4.78, 5) is 18.7. The molecule has 0 saturated carbocycles. The van der Waals surface area contributed by atoms with Crippen LogP contribution in [0, 0.1) is 5.92 Å². The highest BCUT2D eigenvalue weighted by Crippen LogP contribution is 2.23. The maximum atomic E-state index is 12.6. The van der Waals surface area contributed by atoms with Crippen molar-refractivity contribution in [3.05, 3.63) is 89.7 Å². The van der Waals surface area contributed by atoms with Crippen LogP contribution in [0.2, 0.25) is 0 Å². The molecule has 1 amide bonds. The smallest absolute Gasteiger partial charge is 0.222 e. The van der Waals surface area contributed by atoms with Crippen LogP contribution in [0.1, 0.15) is 36.0 Å². The van der Waals surface area contributed by atoms with Gasteiger partial charge in [0.1, 0.15) is 18.1 Å². The van der Waals surface area contributed by atoms with Gasteiger partial charge in [0.05, 0.1) is 7.11 Å². The van der Waals surface area contributed by atoms with Gasteiger partial charge in [-0.15, -0.1) is 0 Å². The first kappa shape index (κ1) is 22.8. The van der Waals surface area contributed by atoms with Gasteiger partial charge < -0.3 is 14.4 Å². The lowest BCUT2D eigenvalue weighted by molar-refractivity contribution is -0.132. The van der Waals surface area contributed by atoms with Crippen molar-refractivity contribution in [2.75, 3.05) is 20.2 Å². The summed E-state index contributed by atoms with van der Waals surface area (Å²) < 4.78 is 11.0. The number of aryl methyl sites for hydroxylation is 1. The Morgan fingerprint density at radius 2 is 1.52 bits per heavy atom. The number of aromatic nitrogens is 1. The third-order valence-electron chi connectivity index (χ3n) is 6.36. The molecule has 0 bridgehead atoms. The van der Waals surface area contributed by atoms with E-state index in [4.69, 9.17) is 9.47 Å². The van der Waals surface area contributed by atoms with Crippen LogP contribution in [0.4, 0.5) is 0 Å². The largest absolute Gasteiger partial charge is 0.497 e. The molecule has 0 radical (unpaired) electrons. The van der Waals surface area contributed by atoms with E-state index in [2.05, 4.69) is 29.2 Å². The van der Waals surface area contributed by atoms with Gasteiger partial charge in [-0.05, 0) is 72.6 Å². The summed E-state index contributed by atoms with van der Waals surface area (Å²) in [6.45, 7) is 2.29. The first-order chi connectivity index (χ1) is 16.2. The van der Waals surface area contributed by atoms with E-state index in [1.54, 1.807) is 19.5 Å². The van der Waals surface area contributed by atoms with Gasteiger partial charge in [0.15, 0.2) is 0 Å². The Balaban J connectivity index is 1.17. The molecule has 33 heavy (non-hydrogen) atoms. The van der Waals surface area contributed by atoms with E-state index in [1.807, 2.05) is 41.3 Å². The van der Waals surface area contributed by atoms with Crippen LogP contribution in [0.3, 0.4) is 0 Å². The summed E-state index contributed by atoms with van der Waals surface area (Å²) in [6, 6.07) is 20.4. The number of hydrogen-bond acceptors (Lipinski definition) is 4. The molecule has 0 unspecified atom stereocenters. The van der Waals surface area contributed by atoms with Gasteiger partial charge in [-0.3, -0.25) is 9.78 Å². The van der Waals surface area contributed by atoms with Gasteiger partial charge in [0, 0.05) is 31.9 Å². The molecule has 1 aromatic heterocycles. The Kier molecular flexibility index (Phi) is 7.96. The highest BCUT2D eigenvalue weighted by molar-refractivity contribution is 5.76. The average Bonchev–Trinajstić information content (AvgIpc) is 2.88. The lowest BCUT2D eigenvalue weighted by Crippen LogP contribution is -2.39. The number of benzene rings is 2. The van der Waals surface area contributed by atoms with Crippen molar-refractivity contribution in [2.24, 2.45) is 5.92 Å². The highest BCUT2D eigenvalue weighted by atomic mass is 16.5. The van der Waals surface area contributed by atoms with E-state index in [-0.39, 0.29) is 5.91 Å². The number of methoxy groups -OCH3 is 1. The number of hydrogen-bond donors (Lipinski definition) is 0. The molecule has 2 heterocycles. The lowest BCUT2D eigenvalue weighted by atomic mass is 9.89. The number of piperidine rings is 1. The van der Waals surface area contributed by atoms with Gasteiger partial charge in [0.2, 0.25) is 5.91 Å². The molecule has 5 nitrogen and oxygen atoms in total. The van der Waals surface area contributed by atoms with Gasteiger partial charge in [-0.1, -0.05) is 36.4 Å². The van der Waals surface area contributed by atoms with Crippen LogP contribution in [0.5, 0.6) is 11.5 Å². The van der Waals surface area contributed by atoms with E-state index in [9.17, 15) is 4.79 Å². The molecule has 0 atom stereocenters. The van der Waals surface area contributed by atoms with E-state index in [1.165, 1.54) is 11.1 Å². The van der Waals surface area contributed by atoms with E-state index in [0.29, 0.717) is 18.9 Å². The molecule has 0 spiro atoms. The minimum absolute atomic E-state index is 0.266. The van der Waals surface area contributed by atoms with Crippen LogP contribution < -0.4 is 9.47 Å². The quantitative estimate of drug-likeness (QED) is 0.462. The molecule has 172 valence electrons. The molecule has 1 aliphatic rings. The molecule has 2 aromatic carbocycles.